The number of imidazole rings is 2. The maximum atomic E-state index is 5.16. The van der Waals surface area contributed by atoms with Gasteiger partial charge in [-0.3, -0.25) is 9.38 Å². The van der Waals surface area contributed by atoms with Gasteiger partial charge in [0.1, 0.15) is 5.65 Å². The van der Waals surface area contributed by atoms with E-state index < -0.39 is 0 Å². The Morgan fingerprint density at radius 1 is 0.390 bits per heavy atom. The van der Waals surface area contributed by atoms with E-state index in [-0.39, 0.29) is 20.1 Å². The summed E-state index contributed by atoms with van der Waals surface area (Å²) in [6, 6.07) is 56.1. The molecule has 1 radical (unpaired) electrons. The summed E-state index contributed by atoms with van der Waals surface area (Å²) in [4.78, 5) is 20.2. The fourth-order valence-corrected chi connectivity index (χ4v) is 8.96. The Labute approximate surface area is 354 Å². The SMILES string of the molecule is Cc1cccc(C)c1-c1c[c-]c2c(n1)c1ccccc1n1c3ccccc3nc21.Cc1cccc(C)c1-c1ccc2c(n1)c1ccccc1n1c3ccccc3nc21.[Ir]. The molecule has 0 aliphatic heterocycles. The average Bonchev–Trinajstić information content (AvgIpc) is 3.84. The molecule has 0 aliphatic carbocycles. The standard InChI is InChI=1S/C26H19N3.C26H18N3.Ir/c2*1-16-8-7-9-17(2)24(16)21-15-14-19-25(27-21)18-10-3-5-12-22(18)29-23-13-6-4-11-20(23)28-26(19)29;/h3-15H,1-2H3;3-13,15H,1-2H3;/q;-1;. The minimum absolute atomic E-state index is 0. The van der Waals surface area contributed by atoms with Crippen molar-refractivity contribution in [2.45, 2.75) is 27.7 Å². The molecule has 0 saturated carbocycles. The molecule has 6 nitrogen and oxygen atoms in total. The number of benzene rings is 6. The zero-order chi connectivity index (χ0) is 39.1. The molecule has 59 heavy (non-hydrogen) atoms. The fraction of sp³-hybridized carbons (Fsp3) is 0.0769. The van der Waals surface area contributed by atoms with Crippen LogP contribution in [0.4, 0.5) is 0 Å². The van der Waals surface area contributed by atoms with Crippen molar-refractivity contribution >= 4 is 77.0 Å². The second-order valence-electron chi connectivity index (χ2n) is 15.2. The maximum absolute atomic E-state index is 5.16. The molecule has 285 valence electrons. The van der Waals surface area contributed by atoms with Gasteiger partial charge in [-0.15, -0.1) is 12.1 Å². The summed E-state index contributed by atoms with van der Waals surface area (Å²) in [7, 11) is 0. The Morgan fingerprint density at radius 3 is 1.44 bits per heavy atom. The quantitative estimate of drug-likeness (QED) is 0.128. The molecule has 0 spiro atoms. The van der Waals surface area contributed by atoms with E-state index >= 15 is 0 Å². The van der Waals surface area contributed by atoms with Crippen LogP contribution in [-0.4, -0.2) is 28.7 Å². The summed E-state index contributed by atoms with van der Waals surface area (Å²) >= 11 is 0. The third kappa shape index (κ3) is 5.72. The molecule has 0 fully saturated rings. The van der Waals surface area contributed by atoms with Crippen molar-refractivity contribution in [2.24, 2.45) is 0 Å². The molecule has 0 amide bonds. The molecule has 0 bridgehead atoms. The van der Waals surface area contributed by atoms with E-state index in [2.05, 4.69) is 176 Å². The summed E-state index contributed by atoms with van der Waals surface area (Å²) in [5.74, 6) is 0. The van der Waals surface area contributed by atoms with Crippen molar-refractivity contribution < 1.29 is 20.1 Å². The molecule has 0 N–H and O–H groups in total. The Kier molecular flexibility index (Phi) is 8.82. The number of para-hydroxylation sites is 6. The van der Waals surface area contributed by atoms with Crippen LogP contribution in [0.3, 0.4) is 0 Å². The molecule has 6 aromatic heterocycles. The zero-order valence-corrected chi connectivity index (χ0v) is 35.3. The van der Waals surface area contributed by atoms with E-state index in [9.17, 15) is 0 Å². The van der Waals surface area contributed by atoms with Crippen LogP contribution < -0.4 is 0 Å². The van der Waals surface area contributed by atoms with Crippen LogP contribution in [0.25, 0.3) is 99.5 Å². The average molecular weight is 938 g/mol. The van der Waals surface area contributed by atoms with Crippen LogP contribution in [0.15, 0.2) is 152 Å². The fourth-order valence-electron chi connectivity index (χ4n) is 8.96. The van der Waals surface area contributed by atoms with Gasteiger partial charge in [-0.1, -0.05) is 114 Å². The van der Waals surface area contributed by atoms with Crippen molar-refractivity contribution in [3.63, 3.8) is 0 Å². The van der Waals surface area contributed by atoms with E-state index in [1.165, 1.54) is 33.4 Å². The van der Waals surface area contributed by atoms with Crippen LogP contribution in [0.5, 0.6) is 0 Å². The van der Waals surface area contributed by atoms with Gasteiger partial charge >= 0.3 is 0 Å². The minimum Gasteiger partial charge on any atom is -0.343 e. The number of fused-ring (bicyclic) bond motifs is 16. The van der Waals surface area contributed by atoms with E-state index in [4.69, 9.17) is 19.9 Å². The van der Waals surface area contributed by atoms with Crippen molar-refractivity contribution in [3.05, 3.63) is 180 Å². The van der Waals surface area contributed by atoms with Crippen LogP contribution in [0.2, 0.25) is 0 Å². The number of aromatic nitrogens is 6. The predicted molar refractivity (Wildman–Crippen MR) is 240 cm³/mol. The van der Waals surface area contributed by atoms with Crippen molar-refractivity contribution in [2.75, 3.05) is 0 Å². The first-order valence-electron chi connectivity index (χ1n) is 19.7. The normalized spacial score (nSPS) is 11.6. The van der Waals surface area contributed by atoms with Crippen molar-refractivity contribution in [1.29, 1.82) is 0 Å². The summed E-state index contributed by atoms with van der Waals surface area (Å²) in [5, 5.41) is 4.29. The molecule has 7 heteroatoms. The smallest absolute Gasteiger partial charge is 0.147 e. The third-order valence-electron chi connectivity index (χ3n) is 11.6. The van der Waals surface area contributed by atoms with Crippen molar-refractivity contribution in [3.8, 4) is 22.5 Å². The van der Waals surface area contributed by atoms with Gasteiger partial charge in [-0.2, -0.15) is 0 Å². The summed E-state index contributed by atoms with van der Waals surface area (Å²) < 4.78 is 4.48. The van der Waals surface area contributed by atoms with Crippen LogP contribution in [0, 0.1) is 33.8 Å². The first-order valence-corrected chi connectivity index (χ1v) is 19.7. The Morgan fingerprint density at radius 2 is 0.847 bits per heavy atom. The van der Waals surface area contributed by atoms with Gasteiger partial charge in [-0.05, 0) is 110 Å². The van der Waals surface area contributed by atoms with Crippen molar-refractivity contribution in [1.82, 2.24) is 28.7 Å². The minimum atomic E-state index is 0. The molecule has 0 unspecified atom stereocenters. The van der Waals surface area contributed by atoms with Crippen LogP contribution in [-0.2, 0) is 20.1 Å². The van der Waals surface area contributed by atoms with E-state index in [0.717, 1.165) is 88.4 Å². The second kappa shape index (κ2) is 14.2. The summed E-state index contributed by atoms with van der Waals surface area (Å²) in [6.07, 6.45) is 0. The van der Waals surface area contributed by atoms with Gasteiger partial charge in [0.15, 0.2) is 0 Å². The number of hydrogen-bond acceptors (Lipinski definition) is 4. The topological polar surface area (TPSA) is 60.4 Å². The number of rotatable bonds is 2. The number of aryl methyl sites for hydroxylation is 4. The maximum Gasteiger partial charge on any atom is 0.147 e. The number of nitrogens with zero attached hydrogens (tertiary/aromatic N) is 6. The Hall–Kier alpha value is -6.79. The Balaban J connectivity index is 0.000000140. The molecule has 6 heterocycles. The number of pyridine rings is 4. The van der Waals surface area contributed by atoms with Gasteiger partial charge < -0.3 is 9.38 Å². The van der Waals surface area contributed by atoms with E-state index in [1.54, 1.807) is 0 Å². The van der Waals surface area contributed by atoms with Crippen LogP contribution >= 0.6 is 0 Å². The third-order valence-corrected chi connectivity index (χ3v) is 11.6. The summed E-state index contributed by atoms with van der Waals surface area (Å²) in [6.45, 7) is 8.57. The molecular formula is C52H37IrN6-. The van der Waals surface area contributed by atoms with E-state index in [0.29, 0.717) is 0 Å². The summed E-state index contributed by atoms with van der Waals surface area (Å²) in [5.41, 5.74) is 19.6. The number of hydrogen-bond donors (Lipinski definition) is 0. The Bertz CT molecular complexity index is 3360. The first kappa shape index (κ1) is 36.5. The van der Waals surface area contributed by atoms with E-state index in [1.807, 2.05) is 18.2 Å². The molecular weight excluding hydrogens is 901 g/mol. The molecule has 0 saturated heterocycles. The second-order valence-corrected chi connectivity index (χ2v) is 15.2. The van der Waals surface area contributed by atoms with Gasteiger partial charge in [0.2, 0.25) is 0 Å². The monoisotopic (exact) mass is 938 g/mol. The zero-order valence-electron chi connectivity index (χ0n) is 33.0. The van der Waals surface area contributed by atoms with Gasteiger partial charge in [-0.25, -0.2) is 9.97 Å². The van der Waals surface area contributed by atoms with Gasteiger partial charge in [0, 0.05) is 42.0 Å². The molecule has 0 atom stereocenters. The molecule has 6 aromatic carbocycles. The largest absolute Gasteiger partial charge is 0.343 e. The van der Waals surface area contributed by atoms with Gasteiger partial charge in [0.25, 0.3) is 0 Å². The molecule has 12 rings (SSSR count). The predicted octanol–water partition coefficient (Wildman–Crippen LogP) is 12.7. The molecule has 12 aromatic rings. The first-order chi connectivity index (χ1) is 28.4. The van der Waals surface area contributed by atoms with Gasteiger partial charge in [0.05, 0.1) is 44.4 Å². The van der Waals surface area contributed by atoms with Crippen LogP contribution in [0.1, 0.15) is 22.3 Å². The molecule has 0 aliphatic rings.